The number of nitrogens with zero attached hydrogens (tertiary/aromatic N) is 2. The lowest BCUT2D eigenvalue weighted by molar-refractivity contribution is -0.120. The van der Waals surface area contributed by atoms with E-state index in [4.69, 9.17) is 16.3 Å². The van der Waals surface area contributed by atoms with Crippen molar-refractivity contribution in [1.82, 2.24) is 9.99 Å². The summed E-state index contributed by atoms with van der Waals surface area (Å²) >= 11 is 6.19. The summed E-state index contributed by atoms with van der Waals surface area (Å²) in [7, 11) is 1.61. The lowest BCUT2D eigenvalue weighted by Crippen LogP contribution is -2.19. The molecule has 1 amide bonds. The van der Waals surface area contributed by atoms with Crippen LogP contribution in [0.2, 0.25) is 5.02 Å². The molecule has 29 heavy (non-hydrogen) atoms. The van der Waals surface area contributed by atoms with Gasteiger partial charge in [-0.3, -0.25) is 4.79 Å². The van der Waals surface area contributed by atoms with E-state index < -0.39 is 0 Å². The van der Waals surface area contributed by atoms with E-state index in [0.717, 1.165) is 39.5 Å². The smallest absolute Gasteiger partial charge is 0.244 e. The van der Waals surface area contributed by atoms with Crippen molar-refractivity contribution in [2.45, 2.75) is 27.2 Å². The topological polar surface area (TPSA) is 55.6 Å². The lowest BCUT2D eigenvalue weighted by Gasteiger charge is -2.13. The summed E-state index contributed by atoms with van der Waals surface area (Å²) in [6.07, 6.45) is 1.92. The second-order valence-corrected chi connectivity index (χ2v) is 7.35. The third-order valence-corrected chi connectivity index (χ3v) is 5.03. The van der Waals surface area contributed by atoms with Crippen molar-refractivity contribution in [3.8, 4) is 11.4 Å². The zero-order valence-electron chi connectivity index (χ0n) is 17.0. The number of rotatable bonds is 6. The first-order valence-corrected chi connectivity index (χ1v) is 9.67. The van der Waals surface area contributed by atoms with E-state index >= 15 is 0 Å². The van der Waals surface area contributed by atoms with Crippen LogP contribution in [0.3, 0.4) is 0 Å². The van der Waals surface area contributed by atoms with E-state index in [2.05, 4.69) is 22.0 Å². The third kappa shape index (κ3) is 4.87. The van der Waals surface area contributed by atoms with E-state index in [9.17, 15) is 4.79 Å². The average molecular weight is 410 g/mol. The van der Waals surface area contributed by atoms with Gasteiger partial charge in [0, 0.05) is 27.7 Å². The molecular formula is C23H24ClN3O2. The number of aryl methyl sites for hydroxylation is 2. The fraction of sp³-hybridized carbons (Fsp3) is 0.217. The maximum atomic E-state index is 12.1. The van der Waals surface area contributed by atoms with E-state index in [-0.39, 0.29) is 12.3 Å². The first kappa shape index (κ1) is 20.7. The van der Waals surface area contributed by atoms with Gasteiger partial charge in [-0.1, -0.05) is 29.8 Å². The number of hydrazone groups is 1. The summed E-state index contributed by atoms with van der Waals surface area (Å²) in [5.74, 6) is 0.586. The molecule has 0 saturated carbocycles. The molecule has 0 bridgehead atoms. The van der Waals surface area contributed by atoms with Crippen LogP contribution in [-0.4, -0.2) is 23.8 Å². The number of amides is 1. The number of ether oxygens (including phenoxy) is 1. The number of benzene rings is 2. The van der Waals surface area contributed by atoms with E-state index in [1.165, 1.54) is 0 Å². The average Bonchev–Trinajstić information content (AvgIpc) is 2.98. The van der Waals surface area contributed by atoms with Crippen LogP contribution in [0.15, 0.2) is 53.6 Å². The van der Waals surface area contributed by atoms with Crippen LogP contribution < -0.4 is 10.2 Å². The van der Waals surface area contributed by atoms with Crippen LogP contribution in [-0.2, 0) is 11.2 Å². The van der Waals surface area contributed by atoms with Gasteiger partial charge in [0.15, 0.2) is 0 Å². The van der Waals surface area contributed by atoms with Crippen LogP contribution in [0, 0.1) is 20.8 Å². The van der Waals surface area contributed by atoms with Crippen LogP contribution in [0.5, 0.6) is 5.75 Å². The Kier molecular flexibility index (Phi) is 6.39. The summed E-state index contributed by atoms with van der Waals surface area (Å²) in [6.45, 7) is 6.11. The Morgan fingerprint density at radius 3 is 2.55 bits per heavy atom. The van der Waals surface area contributed by atoms with E-state index in [0.29, 0.717) is 5.02 Å². The van der Waals surface area contributed by atoms with Crippen molar-refractivity contribution >= 4 is 23.7 Å². The molecule has 0 atom stereocenters. The Balaban J connectivity index is 1.71. The number of methoxy groups -OCH3 is 1. The Morgan fingerprint density at radius 2 is 1.86 bits per heavy atom. The van der Waals surface area contributed by atoms with Crippen LogP contribution in [0.4, 0.5) is 0 Å². The highest BCUT2D eigenvalue weighted by molar-refractivity contribution is 6.30. The van der Waals surface area contributed by atoms with Gasteiger partial charge < -0.3 is 9.30 Å². The molecule has 1 aromatic heterocycles. The number of hydrogen-bond acceptors (Lipinski definition) is 3. The largest absolute Gasteiger partial charge is 0.497 e. The maximum absolute atomic E-state index is 12.1. The minimum Gasteiger partial charge on any atom is -0.497 e. The standard InChI is InChI=1S/C23H24ClN3O2/c1-15-5-8-20(24)13-22(15)27-16(2)11-19(17(27)3)14-25-26-23(28)12-18-6-9-21(29-4)10-7-18/h5-11,13-14H,12H2,1-4H3,(H,26,28)/b25-14-. The molecule has 0 unspecified atom stereocenters. The predicted molar refractivity (Wildman–Crippen MR) is 117 cm³/mol. The summed E-state index contributed by atoms with van der Waals surface area (Å²) < 4.78 is 7.26. The Hall–Kier alpha value is -3.05. The Labute approximate surface area is 176 Å². The number of carbonyl (C=O) groups excluding carboxylic acids is 1. The summed E-state index contributed by atoms with van der Waals surface area (Å²) in [6, 6.07) is 15.3. The van der Waals surface area contributed by atoms with Gasteiger partial charge in [0.25, 0.3) is 0 Å². The number of hydrogen-bond donors (Lipinski definition) is 1. The molecule has 0 spiro atoms. The molecule has 1 N–H and O–H groups in total. The Bertz CT molecular complexity index is 1050. The van der Waals surface area contributed by atoms with Gasteiger partial charge in [0.05, 0.1) is 19.7 Å². The van der Waals surface area contributed by atoms with Crippen LogP contribution in [0.1, 0.15) is 28.1 Å². The van der Waals surface area contributed by atoms with Gasteiger partial charge >= 0.3 is 0 Å². The highest BCUT2D eigenvalue weighted by Crippen LogP contribution is 2.25. The van der Waals surface area contributed by atoms with Gasteiger partial charge in [0.2, 0.25) is 5.91 Å². The minimum absolute atomic E-state index is 0.175. The molecule has 6 heteroatoms. The number of aromatic nitrogens is 1. The zero-order valence-corrected chi connectivity index (χ0v) is 17.7. The second kappa shape index (κ2) is 8.97. The molecule has 0 saturated heterocycles. The quantitative estimate of drug-likeness (QED) is 0.471. The number of nitrogens with one attached hydrogen (secondary N) is 1. The number of halogens is 1. The predicted octanol–water partition coefficient (Wildman–Crippen LogP) is 4.76. The van der Waals surface area contributed by atoms with Crippen molar-refractivity contribution in [3.63, 3.8) is 0 Å². The summed E-state index contributed by atoms with van der Waals surface area (Å²) in [5.41, 5.74) is 8.69. The monoisotopic (exact) mass is 409 g/mol. The minimum atomic E-state index is -0.175. The van der Waals surface area contributed by atoms with Crippen molar-refractivity contribution in [2.75, 3.05) is 7.11 Å². The fourth-order valence-corrected chi connectivity index (χ4v) is 3.42. The highest BCUT2D eigenvalue weighted by atomic mass is 35.5. The first-order valence-electron chi connectivity index (χ1n) is 9.29. The van der Waals surface area contributed by atoms with Gasteiger partial charge in [-0.2, -0.15) is 5.10 Å². The van der Waals surface area contributed by atoms with E-state index in [1.807, 2.05) is 62.4 Å². The molecule has 2 aromatic carbocycles. The molecule has 0 radical (unpaired) electrons. The number of carbonyl (C=O) groups is 1. The van der Waals surface area contributed by atoms with Gasteiger partial charge in [-0.25, -0.2) is 5.43 Å². The van der Waals surface area contributed by atoms with Crippen molar-refractivity contribution in [2.24, 2.45) is 5.10 Å². The molecule has 0 aliphatic rings. The SMILES string of the molecule is COc1ccc(CC(=O)N/N=C\c2cc(C)n(-c3cc(Cl)ccc3C)c2C)cc1. The first-order chi connectivity index (χ1) is 13.9. The molecule has 0 fully saturated rings. The summed E-state index contributed by atoms with van der Waals surface area (Å²) in [5, 5.41) is 4.83. The Morgan fingerprint density at radius 1 is 1.14 bits per heavy atom. The van der Waals surface area contributed by atoms with Gasteiger partial charge in [0.1, 0.15) is 5.75 Å². The van der Waals surface area contributed by atoms with Crippen molar-refractivity contribution in [3.05, 3.63) is 81.6 Å². The molecule has 3 aromatic rings. The van der Waals surface area contributed by atoms with Crippen molar-refractivity contribution < 1.29 is 9.53 Å². The molecule has 0 aliphatic heterocycles. The highest BCUT2D eigenvalue weighted by Gasteiger charge is 2.12. The summed E-state index contributed by atoms with van der Waals surface area (Å²) in [4.78, 5) is 12.1. The molecule has 5 nitrogen and oxygen atoms in total. The zero-order chi connectivity index (χ0) is 21.0. The molecule has 1 heterocycles. The third-order valence-electron chi connectivity index (χ3n) is 4.80. The second-order valence-electron chi connectivity index (χ2n) is 6.91. The van der Waals surface area contributed by atoms with E-state index in [1.54, 1.807) is 13.3 Å². The van der Waals surface area contributed by atoms with Crippen LogP contribution >= 0.6 is 11.6 Å². The maximum Gasteiger partial charge on any atom is 0.244 e. The fourth-order valence-electron chi connectivity index (χ4n) is 3.25. The molecular weight excluding hydrogens is 386 g/mol. The van der Waals surface area contributed by atoms with Gasteiger partial charge in [-0.15, -0.1) is 0 Å². The molecule has 3 rings (SSSR count). The van der Waals surface area contributed by atoms with Crippen LogP contribution in [0.25, 0.3) is 5.69 Å². The molecule has 150 valence electrons. The van der Waals surface area contributed by atoms with Gasteiger partial charge in [-0.05, 0) is 62.2 Å². The lowest BCUT2D eigenvalue weighted by atomic mass is 10.1. The normalized spacial score (nSPS) is 11.1. The molecule has 0 aliphatic carbocycles. The van der Waals surface area contributed by atoms with Crippen molar-refractivity contribution in [1.29, 1.82) is 0 Å².